The Morgan fingerprint density at radius 3 is 2.94 bits per heavy atom. The summed E-state index contributed by atoms with van der Waals surface area (Å²) in [7, 11) is 0. The number of carbonyl (C=O) groups excluding carboxylic acids is 1. The standard InChI is InChI=1S/C12H18N2O3/c1-2-14(6-9-4-3-5-17-9)12(15)10-7-16-8-11(10)13/h3-5,10-11H,2,6-8,13H2,1H3. The van der Waals surface area contributed by atoms with Crippen molar-refractivity contribution >= 4 is 5.91 Å². The first-order valence-corrected chi connectivity index (χ1v) is 5.87. The van der Waals surface area contributed by atoms with Gasteiger partial charge in [0.1, 0.15) is 5.76 Å². The molecule has 0 saturated carbocycles. The van der Waals surface area contributed by atoms with Crippen LogP contribution in [0.5, 0.6) is 0 Å². The minimum atomic E-state index is -0.218. The maximum Gasteiger partial charge on any atom is 0.230 e. The van der Waals surface area contributed by atoms with Crippen molar-refractivity contribution in [2.75, 3.05) is 19.8 Å². The summed E-state index contributed by atoms with van der Waals surface area (Å²) in [5.74, 6) is 0.617. The maximum atomic E-state index is 12.2. The van der Waals surface area contributed by atoms with Gasteiger partial charge in [-0.25, -0.2) is 0 Å². The van der Waals surface area contributed by atoms with Crippen LogP contribution in [0.15, 0.2) is 22.8 Å². The molecule has 2 rings (SSSR count). The third-order valence-electron chi connectivity index (χ3n) is 3.06. The van der Waals surface area contributed by atoms with E-state index in [4.69, 9.17) is 14.9 Å². The van der Waals surface area contributed by atoms with Gasteiger partial charge in [-0.05, 0) is 19.1 Å². The van der Waals surface area contributed by atoms with E-state index in [1.54, 1.807) is 11.2 Å². The first-order chi connectivity index (χ1) is 8.22. The van der Waals surface area contributed by atoms with Gasteiger partial charge in [0.25, 0.3) is 0 Å². The molecule has 1 aromatic heterocycles. The van der Waals surface area contributed by atoms with E-state index in [0.717, 1.165) is 5.76 Å². The van der Waals surface area contributed by atoms with Gasteiger partial charge in [-0.15, -0.1) is 0 Å². The number of hydrogen-bond acceptors (Lipinski definition) is 4. The number of furan rings is 1. The highest BCUT2D eigenvalue weighted by Crippen LogP contribution is 2.16. The van der Waals surface area contributed by atoms with Crippen LogP contribution in [-0.4, -0.2) is 36.6 Å². The largest absolute Gasteiger partial charge is 0.467 e. The van der Waals surface area contributed by atoms with Crippen molar-refractivity contribution in [3.8, 4) is 0 Å². The molecule has 1 aromatic rings. The van der Waals surface area contributed by atoms with E-state index in [1.807, 2.05) is 19.1 Å². The number of hydrogen-bond donors (Lipinski definition) is 1. The van der Waals surface area contributed by atoms with Crippen LogP contribution in [0.3, 0.4) is 0 Å². The van der Waals surface area contributed by atoms with Crippen LogP contribution in [0, 0.1) is 5.92 Å². The monoisotopic (exact) mass is 238 g/mol. The Morgan fingerprint density at radius 1 is 1.59 bits per heavy atom. The van der Waals surface area contributed by atoms with Gasteiger partial charge in [0, 0.05) is 12.6 Å². The van der Waals surface area contributed by atoms with Crippen LogP contribution in [0.1, 0.15) is 12.7 Å². The molecule has 1 fully saturated rings. The first-order valence-electron chi connectivity index (χ1n) is 5.87. The Hall–Kier alpha value is -1.33. The summed E-state index contributed by atoms with van der Waals surface area (Å²) in [6, 6.07) is 3.49. The quantitative estimate of drug-likeness (QED) is 0.834. The van der Waals surface area contributed by atoms with Crippen LogP contribution in [0.2, 0.25) is 0 Å². The zero-order valence-corrected chi connectivity index (χ0v) is 9.96. The lowest BCUT2D eigenvalue weighted by Crippen LogP contribution is -2.43. The number of carbonyl (C=O) groups is 1. The molecule has 1 aliphatic rings. The van der Waals surface area contributed by atoms with Crippen molar-refractivity contribution in [2.24, 2.45) is 11.7 Å². The second-order valence-electron chi connectivity index (χ2n) is 4.24. The minimum Gasteiger partial charge on any atom is -0.467 e. The molecule has 0 spiro atoms. The zero-order chi connectivity index (χ0) is 12.3. The molecule has 2 unspecified atom stereocenters. The summed E-state index contributed by atoms with van der Waals surface area (Å²) >= 11 is 0. The Kier molecular flexibility index (Phi) is 3.81. The molecule has 0 bridgehead atoms. The average molecular weight is 238 g/mol. The summed E-state index contributed by atoms with van der Waals surface area (Å²) in [5.41, 5.74) is 5.85. The lowest BCUT2D eigenvalue weighted by Gasteiger charge is -2.24. The molecule has 1 amide bonds. The summed E-state index contributed by atoms with van der Waals surface area (Å²) in [6.45, 7) is 3.97. The van der Waals surface area contributed by atoms with Crippen molar-refractivity contribution in [2.45, 2.75) is 19.5 Å². The second kappa shape index (κ2) is 5.33. The third-order valence-corrected chi connectivity index (χ3v) is 3.06. The van der Waals surface area contributed by atoms with Crippen molar-refractivity contribution in [3.63, 3.8) is 0 Å². The minimum absolute atomic E-state index is 0.0499. The van der Waals surface area contributed by atoms with Crippen LogP contribution in [0.4, 0.5) is 0 Å². The molecule has 5 heteroatoms. The highest BCUT2D eigenvalue weighted by atomic mass is 16.5. The molecule has 94 valence electrons. The summed E-state index contributed by atoms with van der Waals surface area (Å²) < 4.78 is 10.5. The van der Waals surface area contributed by atoms with Gasteiger partial charge in [0.05, 0.1) is 31.9 Å². The number of nitrogens with two attached hydrogens (primary N) is 1. The fraction of sp³-hybridized carbons (Fsp3) is 0.583. The molecule has 0 radical (unpaired) electrons. The predicted octanol–water partition coefficient (Wildman–Crippen LogP) is 0.602. The van der Waals surface area contributed by atoms with Crippen molar-refractivity contribution < 1.29 is 13.9 Å². The smallest absolute Gasteiger partial charge is 0.230 e. The molecule has 0 aliphatic carbocycles. The summed E-state index contributed by atoms with van der Waals surface area (Å²) in [6.07, 6.45) is 1.61. The first kappa shape index (κ1) is 12.1. The van der Waals surface area contributed by atoms with E-state index in [1.165, 1.54) is 0 Å². The number of amides is 1. The van der Waals surface area contributed by atoms with E-state index >= 15 is 0 Å². The van der Waals surface area contributed by atoms with Crippen LogP contribution in [-0.2, 0) is 16.1 Å². The van der Waals surface area contributed by atoms with E-state index in [0.29, 0.717) is 26.3 Å². The van der Waals surface area contributed by atoms with Gasteiger partial charge in [-0.3, -0.25) is 4.79 Å². The van der Waals surface area contributed by atoms with Gasteiger partial charge in [0.15, 0.2) is 0 Å². The van der Waals surface area contributed by atoms with Gasteiger partial charge in [-0.1, -0.05) is 0 Å². The number of ether oxygens (including phenoxy) is 1. The fourth-order valence-electron chi connectivity index (χ4n) is 2.00. The molecule has 2 heterocycles. The fourth-order valence-corrected chi connectivity index (χ4v) is 2.00. The Balaban J connectivity index is 2.00. The highest BCUT2D eigenvalue weighted by Gasteiger charge is 2.34. The van der Waals surface area contributed by atoms with Gasteiger partial charge < -0.3 is 19.8 Å². The van der Waals surface area contributed by atoms with E-state index in [9.17, 15) is 4.79 Å². The summed E-state index contributed by atoms with van der Waals surface area (Å²) in [4.78, 5) is 14.0. The Morgan fingerprint density at radius 2 is 2.41 bits per heavy atom. The predicted molar refractivity (Wildman–Crippen MR) is 62.1 cm³/mol. The van der Waals surface area contributed by atoms with Crippen LogP contribution in [0.25, 0.3) is 0 Å². The topological polar surface area (TPSA) is 68.7 Å². The van der Waals surface area contributed by atoms with Crippen molar-refractivity contribution in [3.05, 3.63) is 24.2 Å². The SMILES string of the molecule is CCN(Cc1ccco1)C(=O)C1COCC1N. The highest BCUT2D eigenvalue weighted by molar-refractivity contribution is 5.80. The van der Waals surface area contributed by atoms with Crippen LogP contribution < -0.4 is 5.73 Å². The Labute approximate surface area is 101 Å². The van der Waals surface area contributed by atoms with Gasteiger partial charge >= 0.3 is 0 Å². The molecule has 0 aromatic carbocycles. The lowest BCUT2D eigenvalue weighted by molar-refractivity contribution is -0.136. The third kappa shape index (κ3) is 2.68. The Bertz CT molecular complexity index is 364. The molecule has 1 aliphatic heterocycles. The number of rotatable bonds is 4. The van der Waals surface area contributed by atoms with E-state index in [-0.39, 0.29) is 17.9 Å². The van der Waals surface area contributed by atoms with Crippen molar-refractivity contribution in [1.82, 2.24) is 4.90 Å². The zero-order valence-electron chi connectivity index (χ0n) is 9.96. The molecular weight excluding hydrogens is 220 g/mol. The lowest BCUT2D eigenvalue weighted by atomic mass is 10.0. The average Bonchev–Trinajstić information content (AvgIpc) is 2.96. The molecule has 1 saturated heterocycles. The van der Waals surface area contributed by atoms with Gasteiger partial charge in [-0.2, -0.15) is 0 Å². The maximum absolute atomic E-state index is 12.2. The number of nitrogens with zero attached hydrogens (tertiary/aromatic N) is 1. The van der Waals surface area contributed by atoms with E-state index < -0.39 is 0 Å². The van der Waals surface area contributed by atoms with Crippen molar-refractivity contribution in [1.29, 1.82) is 0 Å². The van der Waals surface area contributed by atoms with E-state index in [2.05, 4.69) is 0 Å². The molecular formula is C12H18N2O3. The molecule has 2 N–H and O–H groups in total. The molecule has 17 heavy (non-hydrogen) atoms. The molecule has 5 nitrogen and oxygen atoms in total. The van der Waals surface area contributed by atoms with Gasteiger partial charge in [0.2, 0.25) is 5.91 Å². The van der Waals surface area contributed by atoms with Crippen LogP contribution >= 0.6 is 0 Å². The summed E-state index contributed by atoms with van der Waals surface area (Å²) in [5, 5.41) is 0. The molecule has 2 atom stereocenters. The normalized spacial score (nSPS) is 23.9. The second-order valence-corrected chi connectivity index (χ2v) is 4.24.